The van der Waals surface area contributed by atoms with Crippen LogP contribution in [0.15, 0.2) is 48.7 Å². The first kappa shape index (κ1) is 18.6. The lowest BCUT2D eigenvalue weighted by Gasteiger charge is -2.35. The highest BCUT2D eigenvalue weighted by Gasteiger charge is 2.22. The summed E-state index contributed by atoms with van der Waals surface area (Å²) in [6.07, 6.45) is 1.75. The Morgan fingerprint density at radius 3 is 2.61 bits per heavy atom. The first-order chi connectivity index (χ1) is 13.6. The van der Waals surface area contributed by atoms with E-state index in [0.29, 0.717) is 5.69 Å². The lowest BCUT2D eigenvalue weighted by molar-refractivity contribution is -0.133. The van der Waals surface area contributed by atoms with Gasteiger partial charge in [0, 0.05) is 38.8 Å². The molecule has 1 fully saturated rings. The molecule has 0 spiro atoms. The van der Waals surface area contributed by atoms with E-state index in [4.69, 9.17) is 5.73 Å². The largest absolute Gasteiger partial charge is 0.339 e. The molecule has 146 valence electrons. The van der Waals surface area contributed by atoms with Crippen LogP contribution in [0.2, 0.25) is 0 Å². The van der Waals surface area contributed by atoms with Gasteiger partial charge in [-0.3, -0.25) is 9.69 Å². The Bertz CT molecular complexity index is 953. The third-order valence-corrected chi connectivity index (χ3v) is 5.32. The maximum Gasteiger partial charge on any atom is 0.244 e. The van der Waals surface area contributed by atoms with Gasteiger partial charge in [-0.2, -0.15) is 0 Å². The van der Waals surface area contributed by atoms with Crippen molar-refractivity contribution in [1.82, 2.24) is 24.8 Å². The number of hydrogen-bond donors (Lipinski definition) is 1. The van der Waals surface area contributed by atoms with Crippen molar-refractivity contribution in [3.63, 3.8) is 0 Å². The summed E-state index contributed by atoms with van der Waals surface area (Å²) in [4.78, 5) is 16.9. The van der Waals surface area contributed by atoms with Gasteiger partial charge in [0.1, 0.15) is 6.54 Å². The Kier molecular flexibility index (Phi) is 5.36. The van der Waals surface area contributed by atoms with Crippen LogP contribution in [0, 0.1) is 0 Å². The van der Waals surface area contributed by atoms with E-state index < -0.39 is 0 Å². The molecular formula is C21H26N6O. The highest BCUT2D eigenvalue weighted by Crippen LogP contribution is 2.20. The average Bonchev–Trinajstić information content (AvgIpc) is 3.18. The van der Waals surface area contributed by atoms with Crippen molar-refractivity contribution in [1.29, 1.82) is 0 Å². The van der Waals surface area contributed by atoms with Gasteiger partial charge in [-0.1, -0.05) is 47.7 Å². The zero-order chi connectivity index (χ0) is 19.5. The van der Waals surface area contributed by atoms with Gasteiger partial charge in [0.05, 0.1) is 11.9 Å². The smallest absolute Gasteiger partial charge is 0.244 e. The van der Waals surface area contributed by atoms with Gasteiger partial charge in [-0.05, 0) is 23.3 Å². The summed E-state index contributed by atoms with van der Waals surface area (Å²) in [5, 5.41) is 10.6. The number of carbonyl (C=O) groups is 1. The van der Waals surface area contributed by atoms with E-state index in [1.807, 2.05) is 11.8 Å². The van der Waals surface area contributed by atoms with Crippen molar-refractivity contribution in [3.8, 4) is 0 Å². The number of aromatic nitrogens is 3. The standard InChI is InChI=1S/C21H26N6O/c1-16(22)20-14-27(24-23-20)15-21(28)26-11-9-25(10-12-26)13-18-7-4-6-17-5-2-3-8-19(17)18/h2-8,14,16H,9-13,15,22H2,1H3. The van der Waals surface area contributed by atoms with Gasteiger partial charge in [-0.15, -0.1) is 5.10 Å². The third-order valence-electron chi connectivity index (χ3n) is 5.32. The Labute approximate surface area is 164 Å². The molecular weight excluding hydrogens is 352 g/mol. The van der Waals surface area contributed by atoms with Crippen LogP contribution in [0.3, 0.4) is 0 Å². The van der Waals surface area contributed by atoms with Crippen LogP contribution in [0.5, 0.6) is 0 Å². The number of amides is 1. The molecule has 0 aliphatic carbocycles. The van der Waals surface area contributed by atoms with Crippen molar-refractivity contribution >= 4 is 16.7 Å². The second-order valence-electron chi connectivity index (χ2n) is 7.42. The Morgan fingerprint density at radius 1 is 1.11 bits per heavy atom. The minimum atomic E-state index is -0.179. The van der Waals surface area contributed by atoms with Crippen LogP contribution in [-0.4, -0.2) is 56.9 Å². The summed E-state index contributed by atoms with van der Waals surface area (Å²) in [7, 11) is 0. The molecule has 4 rings (SSSR count). The average molecular weight is 378 g/mol. The van der Waals surface area contributed by atoms with Crippen LogP contribution in [0.25, 0.3) is 10.8 Å². The molecule has 28 heavy (non-hydrogen) atoms. The second kappa shape index (κ2) is 8.08. The predicted molar refractivity (Wildman–Crippen MR) is 108 cm³/mol. The van der Waals surface area contributed by atoms with Crippen molar-refractivity contribution in [2.45, 2.75) is 26.1 Å². The van der Waals surface area contributed by atoms with E-state index in [2.05, 4.69) is 57.7 Å². The number of rotatable bonds is 5. The highest BCUT2D eigenvalue weighted by atomic mass is 16.2. The molecule has 1 unspecified atom stereocenters. The van der Waals surface area contributed by atoms with Crippen molar-refractivity contribution in [3.05, 3.63) is 59.9 Å². The molecule has 0 radical (unpaired) electrons. The van der Waals surface area contributed by atoms with E-state index in [0.717, 1.165) is 32.7 Å². The number of carbonyl (C=O) groups excluding carboxylic acids is 1. The van der Waals surface area contributed by atoms with Crippen LogP contribution in [0.1, 0.15) is 24.2 Å². The Hall–Kier alpha value is -2.77. The SMILES string of the molecule is CC(N)c1cn(CC(=O)N2CCN(Cc3cccc4ccccc34)CC2)nn1. The van der Waals surface area contributed by atoms with Crippen LogP contribution in [-0.2, 0) is 17.9 Å². The van der Waals surface area contributed by atoms with Crippen LogP contribution in [0.4, 0.5) is 0 Å². The first-order valence-corrected chi connectivity index (χ1v) is 9.72. The number of fused-ring (bicyclic) bond motifs is 1. The minimum Gasteiger partial charge on any atom is -0.339 e. The van der Waals surface area contributed by atoms with Gasteiger partial charge in [-0.25, -0.2) is 4.68 Å². The number of nitrogens with two attached hydrogens (primary N) is 1. The highest BCUT2D eigenvalue weighted by molar-refractivity contribution is 5.85. The molecule has 1 amide bonds. The molecule has 2 heterocycles. The Morgan fingerprint density at radius 2 is 1.86 bits per heavy atom. The van der Waals surface area contributed by atoms with E-state index >= 15 is 0 Å². The van der Waals surface area contributed by atoms with E-state index in [1.165, 1.54) is 16.3 Å². The van der Waals surface area contributed by atoms with Gasteiger partial charge in [0.25, 0.3) is 0 Å². The van der Waals surface area contributed by atoms with E-state index in [-0.39, 0.29) is 18.5 Å². The summed E-state index contributed by atoms with van der Waals surface area (Å²) < 4.78 is 1.57. The molecule has 3 aromatic rings. The summed E-state index contributed by atoms with van der Waals surface area (Å²) >= 11 is 0. The van der Waals surface area contributed by atoms with Crippen molar-refractivity contribution in [2.75, 3.05) is 26.2 Å². The maximum absolute atomic E-state index is 12.6. The molecule has 2 N–H and O–H groups in total. The number of nitrogens with zero attached hydrogens (tertiary/aromatic N) is 5. The predicted octanol–water partition coefficient (Wildman–Crippen LogP) is 1.80. The molecule has 1 aliphatic heterocycles. The number of benzene rings is 2. The van der Waals surface area contributed by atoms with E-state index in [1.54, 1.807) is 10.9 Å². The fourth-order valence-electron chi connectivity index (χ4n) is 3.66. The van der Waals surface area contributed by atoms with Crippen molar-refractivity contribution in [2.24, 2.45) is 5.73 Å². The topological polar surface area (TPSA) is 80.3 Å². The number of hydrogen-bond acceptors (Lipinski definition) is 5. The van der Waals surface area contributed by atoms with Gasteiger partial charge in [0.2, 0.25) is 5.91 Å². The normalized spacial score (nSPS) is 16.4. The lowest BCUT2D eigenvalue weighted by Crippen LogP contribution is -2.49. The summed E-state index contributed by atoms with van der Waals surface area (Å²) in [6.45, 7) is 6.18. The molecule has 2 aromatic carbocycles. The minimum absolute atomic E-state index is 0.0749. The monoisotopic (exact) mass is 378 g/mol. The first-order valence-electron chi connectivity index (χ1n) is 9.72. The zero-order valence-electron chi connectivity index (χ0n) is 16.2. The van der Waals surface area contributed by atoms with Crippen LogP contribution >= 0.6 is 0 Å². The molecule has 1 aliphatic rings. The Balaban J connectivity index is 1.33. The van der Waals surface area contributed by atoms with E-state index in [9.17, 15) is 4.79 Å². The second-order valence-corrected chi connectivity index (χ2v) is 7.42. The fourth-order valence-corrected chi connectivity index (χ4v) is 3.66. The van der Waals surface area contributed by atoms with Crippen LogP contribution < -0.4 is 5.73 Å². The molecule has 7 nitrogen and oxygen atoms in total. The summed E-state index contributed by atoms with van der Waals surface area (Å²) in [6, 6.07) is 14.8. The lowest BCUT2D eigenvalue weighted by atomic mass is 10.0. The molecule has 1 atom stereocenters. The fraction of sp³-hybridized carbons (Fsp3) is 0.381. The third kappa shape index (κ3) is 4.05. The summed E-state index contributed by atoms with van der Waals surface area (Å²) in [5.74, 6) is 0.0749. The zero-order valence-corrected chi connectivity index (χ0v) is 16.2. The van der Waals surface area contributed by atoms with Gasteiger partial charge < -0.3 is 10.6 Å². The maximum atomic E-state index is 12.6. The summed E-state index contributed by atoms with van der Waals surface area (Å²) in [5.41, 5.74) is 7.84. The molecule has 1 saturated heterocycles. The molecule has 0 saturated carbocycles. The molecule has 1 aromatic heterocycles. The van der Waals surface area contributed by atoms with Gasteiger partial charge in [0.15, 0.2) is 0 Å². The molecule has 7 heteroatoms. The van der Waals surface area contributed by atoms with Gasteiger partial charge >= 0.3 is 0 Å². The van der Waals surface area contributed by atoms with Crippen molar-refractivity contribution < 1.29 is 4.79 Å². The molecule has 0 bridgehead atoms. The quantitative estimate of drug-likeness (QED) is 0.732. The number of piperazine rings is 1.